The van der Waals surface area contributed by atoms with Crippen LogP contribution >= 0.6 is 0 Å². The summed E-state index contributed by atoms with van der Waals surface area (Å²) in [4.78, 5) is 15.2. The van der Waals surface area contributed by atoms with Gasteiger partial charge in [-0.15, -0.1) is 0 Å². The van der Waals surface area contributed by atoms with Crippen molar-refractivity contribution >= 4 is 12.1 Å². The molecule has 0 fully saturated rings. The molecule has 1 aliphatic rings. The van der Waals surface area contributed by atoms with E-state index < -0.39 is 0 Å². The van der Waals surface area contributed by atoms with E-state index in [1.165, 1.54) is 11.1 Å². The van der Waals surface area contributed by atoms with Crippen molar-refractivity contribution in [2.45, 2.75) is 19.5 Å². The standard InChI is InChI=1S/C14H21N3O/c1-15-6-3-7-17(11-18)14-5-4-12-9-16(2)10-13(12)8-14/h4-5,8,11,15H,3,6-7,9-10H2,1-2H3. The lowest BCUT2D eigenvalue weighted by Crippen LogP contribution is -2.25. The Morgan fingerprint density at radius 3 is 2.89 bits per heavy atom. The summed E-state index contributed by atoms with van der Waals surface area (Å²) in [6, 6.07) is 6.33. The lowest BCUT2D eigenvalue weighted by molar-refractivity contribution is -0.107. The van der Waals surface area contributed by atoms with Crippen LogP contribution in [0, 0.1) is 0 Å². The zero-order valence-corrected chi connectivity index (χ0v) is 11.1. The molecule has 1 N–H and O–H groups in total. The molecular formula is C14H21N3O. The second kappa shape index (κ2) is 5.98. The van der Waals surface area contributed by atoms with Crippen LogP contribution in [-0.4, -0.2) is 38.5 Å². The van der Waals surface area contributed by atoms with Crippen molar-refractivity contribution in [1.82, 2.24) is 10.2 Å². The first-order valence-corrected chi connectivity index (χ1v) is 6.41. The van der Waals surface area contributed by atoms with Gasteiger partial charge in [0.15, 0.2) is 0 Å². The summed E-state index contributed by atoms with van der Waals surface area (Å²) in [5, 5.41) is 3.10. The first kappa shape index (κ1) is 13.1. The van der Waals surface area contributed by atoms with Gasteiger partial charge in [-0.3, -0.25) is 9.69 Å². The predicted octanol–water partition coefficient (Wildman–Crippen LogP) is 1.20. The van der Waals surface area contributed by atoms with E-state index in [4.69, 9.17) is 0 Å². The minimum absolute atomic E-state index is 0.763. The van der Waals surface area contributed by atoms with E-state index in [0.717, 1.165) is 44.7 Å². The molecule has 18 heavy (non-hydrogen) atoms. The molecule has 0 unspecified atom stereocenters. The van der Waals surface area contributed by atoms with Crippen molar-refractivity contribution in [3.05, 3.63) is 29.3 Å². The van der Waals surface area contributed by atoms with Gasteiger partial charge in [0, 0.05) is 25.3 Å². The van der Waals surface area contributed by atoms with E-state index in [0.29, 0.717) is 0 Å². The lowest BCUT2D eigenvalue weighted by atomic mass is 10.1. The van der Waals surface area contributed by atoms with Gasteiger partial charge in [0.25, 0.3) is 0 Å². The van der Waals surface area contributed by atoms with Crippen molar-refractivity contribution in [2.24, 2.45) is 0 Å². The van der Waals surface area contributed by atoms with E-state index >= 15 is 0 Å². The average Bonchev–Trinajstić information content (AvgIpc) is 2.74. The van der Waals surface area contributed by atoms with Gasteiger partial charge >= 0.3 is 0 Å². The topological polar surface area (TPSA) is 35.6 Å². The van der Waals surface area contributed by atoms with Crippen LogP contribution in [0.15, 0.2) is 18.2 Å². The number of nitrogens with one attached hydrogen (secondary N) is 1. The zero-order valence-electron chi connectivity index (χ0n) is 11.1. The molecule has 98 valence electrons. The third kappa shape index (κ3) is 2.89. The molecule has 0 aliphatic carbocycles. The average molecular weight is 247 g/mol. The molecule has 2 rings (SSSR count). The molecule has 1 aromatic carbocycles. The summed E-state index contributed by atoms with van der Waals surface area (Å²) in [5.74, 6) is 0. The fourth-order valence-electron chi connectivity index (χ4n) is 2.40. The normalized spacial score (nSPS) is 14.6. The molecule has 0 atom stereocenters. The van der Waals surface area contributed by atoms with Gasteiger partial charge in [0.2, 0.25) is 6.41 Å². The van der Waals surface area contributed by atoms with Gasteiger partial charge < -0.3 is 10.2 Å². The Labute approximate surface area is 109 Å². The molecule has 0 aromatic heterocycles. The fraction of sp³-hybridized carbons (Fsp3) is 0.500. The Bertz CT molecular complexity index is 420. The zero-order chi connectivity index (χ0) is 13.0. The number of nitrogens with zero attached hydrogens (tertiary/aromatic N) is 2. The maximum absolute atomic E-state index is 11.2. The van der Waals surface area contributed by atoms with Crippen molar-refractivity contribution in [3.63, 3.8) is 0 Å². The van der Waals surface area contributed by atoms with Crippen LogP contribution in [0.2, 0.25) is 0 Å². The number of anilines is 1. The summed E-state index contributed by atoms with van der Waals surface area (Å²) in [6.07, 6.45) is 1.89. The van der Waals surface area contributed by atoms with E-state index in [1.807, 2.05) is 13.1 Å². The first-order chi connectivity index (χ1) is 8.74. The van der Waals surface area contributed by atoms with Crippen LogP contribution in [-0.2, 0) is 17.9 Å². The van der Waals surface area contributed by atoms with Gasteiger partial charge in [-0.05, 0) is 50.3 Å². The molecule has 0 bridgehead atoms. The van der Waals surface area contributed by atoms with Gasteiger partial charge in [0.05, 0.1) is 0 Å². The van der Waals surface area contributed by atoms with E-state index in [9.17, 15) is 4.79 Å². The second-order valence-corrected chi connectivity index (χ2v) is 4.88. The molecule has 4 heteroatoms. The number of fused-ring (bicyclic) bond motifs is 1. The third-order valence-corrected chi connectivity index (χ3v) is 3.36. The fourth-order valence-corrected chi connectivity index (χ4v) is 2.40. The molecule has 0 radical (unpaired) electrons. The number of hydrogen-bond donors (Lipinski definition) is 1. The van der Waals surface area contributed by atoms with E-state index in [-0.39, 0.29) is 0 Å². The van der Waals surface area contributed by atoms with Crippen LogP contribution in [0.3, 0.4) is 0 Å². The van der Waals surface area contributed by atoms with Crippen molar-refractivity contribution < 1.29 is 4.79 Å². The maximum Gasteiger partial charge on any atom is 0.214 e. The minimum atomic E-state index is 0.763. The highest BCUT2D eigenvalue weighted by Gasteiger charge is 2.16. The quantitative estimate of drug-likeness (QED) is 0.606. The van der Waals surface area contributed by atoms with E-state index in [2.05, 4.69) is 29.4 Å². The van der Waals surface area contributed by atoms with Crippen LogP contribution in [0.5, 0.6) is 0 Å². The molecule has 1 aromatic rings. The summed E-state index contributed by atoms with van der Waals surface area (Å²) < 4.78 is 0. The van der Waals surface area contributed by atoms with Crippen LogP contribution in [0.1, 0.15) is 17.5 Å². The van der Waals surface area contributed by atoms with E-state index in [1.54, 1.807) is 4.90 Å². The molecule has 1 heterocycles. The number of hydrogen-bond acceptors (Lipinski definition) is 3. The molecule has 1 amide bonds. The summed E-state index contributed by atoms with van der Waals surface area (Å²) in [5.41, 5.74) is 3.73. The Balaban J connectivity index is 2.07. The maximum atomic E-state index is 11.2. The van der Waals surface area contributed by atoms with Crippen LogP contribution in [0.25, 0.3) is 0 Å². The molecule has 0 saturated heterocycles. The SMILES string of the molecule is CNCCCN(C=O)c1ccc2c(c1)CN(C)C2. The third-order valence-electron chi connectivity index (χ3n) is 3.36. The smallest absolute Gasteiger partial charge is 0.214 e. The Morgan fingerprint density at radius 2 is 2.17 bits per heavy atom. The number of rotatable bonds is 6. The summed E-state index contributed by atoms with van der Waals surface area (Å²) in [7, 11) is 4.04. The van der Waals surface area contributed by atoms with Crippen molar-refractivity contribution in [3.8, 4) is 0 Å². The molecule has 1 aliphatic heterocycles. The Kier molecular flexibility index (Phi) is 4.33. The first-order valence-electron chi connectivity index (χ1n) is 6.41. The number of carbonyl (C=O) groups is 1. The van der Waals surface area contributed by atoms with Crippen LogP contribution in [0.4, 0.5) is 5.69 Å². The van der Waals surface area contributed by atoms with Crippen LogP contribution < -0.4 is 10.2 Å². The molecule has 0 spiro atoms. The highest BCUT2D eigenvalue weighted by molar-refractivity contribution is 5.75. The van der Waals surface area contributed by atoms with Crippen molar-refractivity contribution in [2.75, 3.05) is 32.1 Å². The van der Waals surface area contributed by atoms with Crippen molar-refractivity contribution in [1.29, 1.82) is 0 Å². The highest BCUT2D eigenvalue weighted by atomic mass is 16.1. The van der Waals surface area contributed by atoms with Gasteiger partial charge in [0.1, 0.15) is 0 Å². The van der Waals surface area contributed by atoms with Gasteiger partial charge in [-0.1, -0.05) is 6.07 Å². The minimum Gasteiger partial charge on any atom is -0.320 e. The summed E-state index contributed by atoms with van der Waals surface area (Å²) >= 11 is 0. The van der Waals surface area contributed by atoms with Gasteiger partial charge in [-0.25, -0.2) is 0 Å². The number of benzene rings is 1. The molecule has 4 nitrogen and oxygen atoms in total. The highest BCUT2D eigenvalue weighted by Crippen LogP contribution is 2.26. The van der Waals surface area contributed by atoms with Gasteiger partial charge in [-0.2, -0.15) is 0 Å². The lowest BCUT2D eigenvalue weighted by Gasteiger charge is -2.18. The second-order valence-electron chi connectivity index (χ2n) is 4.88. The molecule has 0 saturated carbocycles. The number of amides is 1. The Morgan fingerprint density at radius 1 is 1.39 bits per heavy atom. The largest absolute Gasteiger partial charge is 0.320 e. The molecular weight excluding hydrogens is 226 g/mol. The Hall–Kier alpha value is -1.39. The monoisotopic (exact) mass is 247 g/mol. The number of carbonyl (C=O) groups excluding carboxylic acids is 1. The summed E-state index contributed by atoms with van der Waals surface area (Å²) in [6.45, 7) is 3.68. The predicted molar refractivity (Wildman–Crippen MR) is 73.6 cm³/mol.